The molecule has 0 aliphatic carbocycles. The zero-order valence-corrected chi connectivity index (χ0v) is 71.8. The Hall–Kier alpha value is -11.2. The highest BCUT2D eigenvalue weighted by molar-refractivity contribution is 7.92. The molecule has 2 aliphatic rings. The van der Waals surface area contributed by atoms with Crippen molar-refractivity contribution in [2.24, 2.45) is 0 Å². The summed E-state index contributed by atoms with van der Waals surface area (Å²) in [5.74, 6) is 3.63. The maximum atomic E-state index is 12.4. The summed E-state index contributed by atoms with van der Waals surface area (Å²) in [6.45, 7) is 15.6. The maximum Gasteiger partial charge on any atom is 0.425 e. The van der Waals surface area contributed by atoms with Crippen LogP contribution in [0.25, 0.3) is 23.3 Å². The van der Waals surface area contributed by atoms with Gasteiger partial charge < -0.3 is 23.9 Å². The lowest BCUT2D eigenvalue weighted by atomic mass is 9.90. The third-order valence-corrected chi connectivity index (χ3v) is 23.7. The number of sulfonamides is 1. The fourth-order valence-corrected chi connectivity index (χ4v) is 16.8. The van der Waals surface area contributed by atoms with Gasteiger partial charge in [0.15, 0.2) is 0 Å². The molecule has 11 aromatic carbocycles. The Morgan fingerprint density at radius 3 is 1.38 bits per heavy atom. The van der Waals surface area contributed by atoms with E-state index in [9.17, 15) is 47.3 Å². The number of hydrogen-bond acceptors (Lipinski definition) is 23. The van der Waals surface area contributed by atoms with Gasteiger partial charge >= 0.3 is 10.6 Å². The third-order valence-electron chi connectivity index (χ3n) is 19.8. The van der Waals surface area contributed by atoms with Crippen molar-refractivity contribution < 1.29 is 78.7 Å². The van der Waals surface area contributed by atoms with Gasteiger partial charge in [-0.3, -0.25) is 4.55 Å². The summed E-state index contributed by atoms with van der Waals surface area (Å²) in [4.78, 5) is 16.8. The molecule has 0 atom stereocenters. The minimum absolute atomic E-state index is 0.198. The predicted octanol–water partition coefficient (Wildman–Crippen LogP) is 12.9. The van der Waals surface area contributed by atoms with Gasteiger partial charge in [0, 0.05) is 75.5 Å². The van der Waals surface area contributed by atoms with E-state index in [1.165, 1.54) is 81.9 Å². The second-order valence-electron chi connectivity index (χ2n) is 28.5. The van der Waals surface area contributed by atoms with Gasteiger partial charge in [-0.25, -0.2) is 44.6 Å². The highest BCUT2D eigenvalue weighted by atomic mass is 32.2. The van der Waals surface area contributed by atoms with Gasteiger partial charge in [-0.15, -0.1) is 17.0 Å². The number of ether oxygens (including phenoxy) is 2. The van der Waals surface area contributed by atoms with Crippen molar-refractivity contribution in [3.63, 3.8) is 0 Å². The van der Waals surface area contributed by atoms with Crippen molar-refractivity contribution in [2.45, 2.75) is 102 Å². The van der Waals surface area contributed by atoms with Crippen molar-refractivity contribution >= 4 is 98.1 Å². The average molecular weight is 1730 g/mol. The number of fused-ring (bicyclic) bond motifs is 4. The number of nitrogens with one attached hydrogen (secondary N) is 3. The minimum atomic E-state index is -4.72. The highest BCUT2D eigenvalue weighted by Gasteiger charge is 2.27. The molecule has 0 spiro atoms. The van der Waals surface area contributed by atoms with Crippen LogP contribution in [0, 0.1) is 48.5 Å². The quantitative estimate of drug-likeness (QED) is 0.0103. The lowest BCUT2D eigenvalue weighted by molar-refractivity contribution is -0.161. The Labute approximate surface area is 704 Å². The summed E-state index contributed by atoms with van der Waals surface area (Å²) in [6.07, 6.45) is 8.86. The van der Waals surface area contributed by atoms with E-state index in [0.717, 1.165) is 91.1 Å². The van der Waals surface area contributed by atoms with E-state index in [1.807, 2.05) is 84.9 Å². The lowest BCUT2D eigenvalue weighted by Crippen LogP contribution is -2.23. The van der Waals surface area contributed by atoms with Crippen molar-refractivity contribution in [3.05, 3.63) is 352 Å². The van der Waals surface area contributed by atoms with Crippen LogP contribution >= 0.6 is 12.2 Å². The number of rotatable bonds is 25. The predicted molar refractivity (Wildman–Crippen MR) is 460 cm³/mol. The molecule has 30 heteroatoms. The molecule has 0 amide bonds. The third kappa shape index (κ3) is 23.9. The molecule has 622 valence electrons. The molecule has 0 radical (unpaired) electrons. The molecular weight excluding hydrogens is 1650 g/mol. The van der Waals surface area contributed by atoms with Crippen LogP contribution in [-0.4, -0.2) is 101 Å². The van der Waals surface area contributed by atoms with Gasteiger partial charge in [-0.2, -0.15) is 18.4 Å². The van der Waals surface area contributed by atoms with Crippen molar-refractivity contribution in [2.75, 3.05) is 31.8 Å². The monoisotopic (exact) mass is 1730 g/mol. The molecule has 12 aromatic rings. The van der Waals surface area contributed by atoms with Gasteiger partial charge in [0.05, 0.1) is 28.1 Å². The second-order valence-corrected chi connectivity index (χ2v) is 35.4. The van der Waals surface area contributed by atoms with Crippen LogP contribution in [0.1, 0.15) is 119 Å². The number of aromatic nitrogens is 3. The molecule has 24 nitrogen and oxygen atoms in total. The Morgan fingerprint density at radius 1 is 0.475 bits per heavy atom. The first-order valence-electron chi connectivity index (χ1n) is 37.6. The van der Waals surface area contributed by atoms with Gasteiger partial charge in [-0.1, -0.05) is 158 Å². The molecule has 0 fully saturated rings. The Balaban J connectivity index is 0.000000173. The molecule has 0 bridgehead atoms. The summed E-state index contributed by atoms with van der Waals surface area (Å²) < 4.78 is 177. The van der Waals surface area contributed by atoms with Gasteiger partial charge in [0.2, 0.25) is 16.0 Å². The van der Waals surface area contributed by atoms with E-state index in [2.05, 4.69) is 166 Å². The standard InChI is InChI=1S/C37H32O4S.C36H30O4S.C17H26N6O7S3.O3S/c1-23-9-7-10-24(2)32(23)19-27-15-17-29-34(21-27)41-35-22-28(20-33-25(3)11-8-12-26(33)4)16-18-30(35)37(29)31-13-5-6-14-36(31)42(38,39)40;1-23-9-4-5-12-28(23)19-26-15-17-29-33(21-26)40-34-22-27(20-32-24(2)10-8-11-25(32)3)16-18-30(34)36(29)31-13-6-7-14-35(31)41(37,38)39;1-29-30-31-18-10-4-8-15-21-16(9-5-11-19-32(2,24)25)23-17(22-15)20-13-6-3-7-14(12-13)33(26,27)28;1-4(2)3/h5-19,21-22H,20H2,1-4H3,(H,38,39,40);4-19,21-22H,20H2,1-3H3,(H,37,38,39);3,6-7,12,18-19H,4-5,8-11H2,1-2H3,(H,26,27,28)(H,20,21,22,23);/p-2/b27-19+;26-19+;;. The molecule has 14 rings (SSSR count). The van der Waals surface area contributed by atoms with E-state index in [4.69, 9.17) is 22.1 Å². The van der Waals surface area contributed by atoms with E-state index >= 15 is 0 Å². The first-order valence-corrected chi connectivity index (χ1v) is 45.5. The van der Waals surface area contributed by atoms with Gasteiger partial charge in [0.25, 0.3) is 10.1 Å². The fraction of sp³-hybridized carbons (Fsp3) is 0.189. The molecule has 0 saturated carbocycles. The minimum Gasteiger partial charge on any atom is -0.744 e. The lowest BCUT2D eigenvalue weighted by Gasteiger charge is -2.24. The van der Waals surface area contributed by atoms with E-state index in [1.54, 1.807) is 42.5 Å². The van der Waals surface area contributed by atoms with Crippen LogP contribution in [0.5, 0.6) is 23.0 Å². The normalized spacial score (nSPS) is 12.5. The SMILES string of the molecule is COOSNCCCc1nc(CCCNS(C)(=O)=O)nc(Nc2cccc(S(=O)(=O)O)c2)n1.Cc1cccc(C)c1/C=c1\ccc2c(c1)Oc1cc(Cc3c(C)cccc3C)ccc1C=2c1ccccc1S(=O)(=O)[O-].Cc1ccccc1/C=c1\ccc2c(c1)Oc1cc(Cc3c(C)cccc3C)ccc1C=2c1ccccc1S(=O)(=O)[O-].O=S(=O)=O. The molecule has 2 aliphatic heterocycles. The largest absolute Gasteiger partial charge is 0.744 e. The molecule has 120 heavy (non-hydrogen) atoms. The zero-order valence-electron chi connectivity index (χ0n) is 66.9. The van der Waals surface area contributed by atoms with Crippen molar-refractivity contribution in [1.29, 1.82) is 0 Å². The number of nitrogens with zero attached hydrogens (tertiary/aromatic N) is 3. The molecular formula is C90H86N6O18S6-2. The Morgan fingerprint density at radius 2 is 0.917 bits per heavy atom. The van der Waals surface area contributed by atoms with Gasteiger partial charge in [0.1, 0.15) is 67.1 Å². The van der Waals surface area contributed by atoms with Crippen LogP contribution in [0.2, 0.25) is 0 Å². The summed E-state index contributed by atoms with van der Waals surface area (Å²) in [5, 5.41) is 6.31. The van der Waals surface area contributed by atoms with Crippen LogP contribution < -0.4 is 45.1 Å². The Kier molecular flexibility index (Phi) is 29.7. The molecule has 4 N–H and O–H groups in total. The second kappa shape index (κ2) is 39.8. The smallest absolute Gasteiger partial charge is 0.425 e. The Bertz CT molecular complexity index is 6710. The summed E-state index contributed by atoms with van der Waals surface area (Å²) in [5.41, 5.74) is 19.3. The first-order chi connectivity index (χ1) is 57.1. The fourth-order valence-electron chi connectivity index (χ4n) is 14.0. The van der Waals surface area contributed by atoms with Crippen LogP contribution in [-0.2, 0) is 85.9 Å². The van der Waals surface area contributed by atoms with Gasteiger partial charge in [-0.05, 0) is 236 Å². The van der Waals surface area contributed by atoms with Crippen LogP contribution in [0.15, 0.2) is 239 Å². The first kappa shape index (κ1) is 89.6. The summed E-state index contributed by atoms with van der Waals surface area (Å²) >= 11 is 0.952. The summed E-state index contributed by atoms with van der Waals surface area (Å²) in [6, 6.07) is 69.3. The highest BCUT2D eigenvalue weighted by Crippen LogP contribution is 2.41. The van der Waals surface area contributed by atoms with Crippen molar-refractivity contribution in [3.8, 4) is 23.0 Å². The number of anilines is 2. The van der Waals surface area contributed by atoms with E-state index < -0.39 is 51.0 Å². The summed E-state index contributed by atoms with van der Waals surface area (Å²) in [7, 11) is -18.8. The maximum absolute atomic E-state index is 12.4. The van der Waals surface area contributed by atoms with E-state index in [-0.39, 0.29) is 27.2 Å². The number of benzene rings is 11. The molecule has 1 aromatic heterocycles. The van der Waals surface area contributed by atoms with Crippen LogP contribution in [0.3, 0.4) is 0 Å². The number of aryl methyl sites for hydroxylation is 9. The molecule has 0 saturated heterocycles. The topological polar surface area (TPSA) is 366 Å². The average Bonchev–Trinajstić information content (AvgIpc) is 0.746. The van der Waals surface area contributed by atoms with Crippen LogP contribution in [0.4, 0.5) is 11.6 Å². The number of hydrogen-bond donors (Lipinski definition) is 4. The van der Waals surface area contributed by atoms with Crippen molar-refractivity contribution in [1.82, 2.24) is 24.4 Å². The molecule has 0 unspecified atom stereocenters. The van der Waals surface area contributed by atoms with E-state index in [0.29, 0.717) is 94.8 Å². The molecule has 3 heterocycles. The zero-order chi connectivity index (χ0) is 86.2.